The third kappa shape index (κ3) is 5.16. The van der Waals surface area contributed by atoms with E-state index in [9.17, 15) is 13.6 Å². The smallest absolute Gasteiger partial charge is 0.225 e. The molecular weight excluding hydrogens is 357 g/mol. The molecule has 2 aromatic rings. The van der Waals surface area contributed by atoms with E-state index < -0.39 is 5.82 Å². The molecule has 0 aliphatic rings. The van der Waals surface area contributed by atoms with Crippen LogP contribution in [0.5, 0.6) is 0 Å². The number of hydrogen-bond donors (Lipinski definition) is 1. The van der Waals surface area contributed by atoms with Gasteiger partial charge in [0.05, 0.1) is 5.69 Å². The average molecular weight is 373 g/mol. The summed E-state index contributed by atoms with van der Waals surface area (Å²) in [4.78, 5) is 13.7. The van der Waals surface area contributed by atoms with E-state index in [1.54, 1.807) is 18.0 Å². The monoisotopic (exact) mass is 372 g/mol. The van der Waals surface area contributed by atoms with Crippen LogP contribution in [0, 0.1) is 11.6 Å². The van der Waals surface area contributed by atoms with Crippen molar-refractivity contribution in [1.82, 2.24) is 4.90 Å². The standard InChI is InChI=1S/C17H16Cl2F2N2O/c1-23(10-12-13(19)3-2-4-14(12)20)8-7-17(24)22-16-6-5-11(18)9-15(16)21/h2-6,9H,7-8,10H2,1H3,(H,22,24). The molecule has 0 heterocycles. The second-order valence-electron chi connectivity index (χ2n) is 5.36. The molecule has 2 aromatic carbocycles. The summed E-state index contributed by atoms with van der Waals surface area (Å²) in [6, 6.07) is 8.51. The van der Waals surface area contributed by atoms with Gasteiger partial charge in [0.25, 0.3) is 0 Å². The maximum atomic E-state index is 13.7. The van der Waals surface area contributed by atoms with Crippen molar-refractivity contribution in [3.63, 3.8) is 0 Å². The number of carbonyl (C=O) groups excluding carboxylic acids is 1. The predicted molar refractivity (Wildman–Crippen MR) is 92.4 cm³/mol. The summed E-state index contributed by atoms with van der Waals surface area (Å²) in [6.45, 7) is 0.639. The first kappa shape index (κ1) is 18.6. The predicted octanol–water partition coefficient (Wildman–Crippen LogP) is 4.73. The molecular formula is C17H16Cl2F2N2O. The van der Waals surface area contributed by atoms with Gasteiger partial charge in [0.15, 0.2) is 0 Å². The molecule has 1 N–H and O–H groups in total. The van der Waals surface area contributed by atoms with Gasteiger partial charge in [-0.2, -0.15) is 0 Å². The van der Waals surface area contributed by atoms with Crippen LogP contribution in [0.4, 0.5) is 14.5 Å². The summed E-state index contributed by atoms with van der Waals surface area (Å²) in [5.41, 5.74) is 0.454. The van der Waals surface area contributed by atoms with Crippen molar-refractivity contribution in [2.45, 2.75) is 13.0 Å². The number of hydrogen-bond acceptors (Lipinski definition) is 2. The van der Waals surface area contributed by atoms with Crippen molar-refractivity contribution in [2.75, 3.05) is 18.9 Å². The molecule has 0 spiro atoms. The van der Waals surface area contributed by atoms with E-state index in [0.717, 1.165) is 6.07 Å². The van der Waals surface area contributed by atoms with Crippen LogP contribution >= 0.6 is 23.2 Å². The number of nitrogens with one attached hydrogen (secondary N) is 1. The molecule has 0 radical (unpaired) electrons. The highest BCUT2D eigenvalue weighted by Crippen LogP contribution is 2.21. The van der Waals surface area contributed by atoms with Gasteiger partial charge in [-0.25, -0.2) is 8.78 Å². The van der Waals surface area contributed by atoms with Crippen LogP contribution in [-0.4, -0.2) is 24.4 Å². The van der Waals surface area contributed by atoms with Crippen LogP contribution < -0.4 is 5.32 Å². The Hall–Kier alpha value is -1.69. The maximum absolute atomic E-state index is 13.7. The van der Waals surface area contributed by atoms with E-state index in [2.05, 4.69) is 5.32 Å². The van der Waals surface area contributed by atoms with Crippen molar-refractivity contribution in [1.29, 1.82) is 0 Å². The molecule has 0 saturated carbocycles. The molecule has 128 valence electrons. The van der Waals surface area contributed by atoms with Crippen LogP contribution in [-0.2, 0) is 11.3 Å². The Bertz CT molecular complexity index is 720. The molecule has 0 aliphatic carbocycles. The minimum atomic E-state index is -0.595. The van der Waals surface area contributed by atoms with Gasteiger partial charge in [-0.15, -0.1) is 0 Å². The summed E-state index contributed by atoms with van der Waals surface area (Å²) in [7, 11) is 1.75. The maximum Gasteiger partial charge on any atom is 0.225 e. The van der Waals surface area contributed by atoms with Crippen molar-refractivity contribution >= 4 is 34.8 Å². The lowest BCUT2D eigenvalue weighted by Gasteiger charge is -2.17. The van der Waals surface area contributed by atoms with E-state index in [-0.39, 0.29) is 35.4 Å². The topological polar surface area (TPSA) is 32.3 Å². The minimum Gasteiger partial charge on any atom is -0.324 e. The van der Waals surface area contributed by atoms with E-state index in [1.807, 2.05) is 0 Å². The molecule has 24 heavy (non-hydrogen) atoms. The second kappa shape index (κ2) is 8.42. The third-order valence-corrected chi connectivity index (χ3v) is 4.00. The lowest BCUT2D eigenvalue weighted by molar-refractivity contribution is -0.116. The summed E-state index contributed by atoms with van der Waals surface area (Å²) >= 11 is 11.6. The Morgan fingerprint density at radius 2 is 1.92 bits per heavy atom. The molecule has 1 amide bonds. The van der Waals surface area contributed by atoms with E-state index in [4.69, 9.17) is 23.2 Å². The first-order valence-corrected chi connectivity index (χ1v) is 7.98. The van der Waals surface area contributed by atoms with Crippen molar-refractivity contribution in [2.24, 2.45) is 0 Å². The number of rotatable bonds is 6. The zero-order chi connectivity index (χ0) is 17.7. The highest BCUT2D eigenvalue weighted by atomic mass is 35.5. The lowest BCUT2D eigenvalue weighted by Crippen LogP contribution is -2.24. The Morgan fingerprint density at radius 1 is 1.17 bits per heavy atom. The Labute approximate surface area is 149 Å². The minimum absolute atomic E-state index is 0.0733. The molecule has 0 saturated heterocycles. The number of anilines is 1. The summed E-state index contributed by atoms with van der Waals surface area (Å²) in [5, 5.41) is 3.08. The number of nitrogens with zero attached hydrogens (tertiary/aromatic N) is 1. The number of carbonyl (C=O) groups is 1. The normalized spacial score (nSPS) is 10.9. The second-order valence-corrected chi connectivity index (χ2v) is 6.20. The van der Waals surface area contributed by atoms with E-state index in [0.29, 0.717) is 17.1 Å². The third-order valence-electron chi connectivity index (χ3n) is 3.42. The highest BCUT2D eigenvalue weighted by molar-refractivity contribution is 6.31. The zero-order valence-electron chi connectivity index (χ0n) is 13.0. The zero-order valence-corrected chi connectivity index (χ0v) is 14.5. The van der Waals surface area contributed by atoms with Gasteiger partial charge in [0.2, 0.25) is 5.91 Å². The van der Waals surface area contributed by atoms with Gasteiger partial charge in [0.1, 0.15) is 11.6 Å². The molecule has 0 aliphatic heterocycles. The Kier molecular flexibility index (Phi) is 6.54. The van der Waals surface area contributed by atoms with Gasteiger partial charge >= 0.3 is 0 Å². The van der Waals surface area contributed by atoms with Gasteiger partial charge in [-0.05, 0) is 37.4 Å². The van der Waals surface area contributed by atoms with Gasteiger partial charge in [-0.1, -0.05) is 29.3 Å². The average Bonchev–Trinajstić information content (AvgIpc) is 2.52. The molecule has 3 nitrogen and oxygen atoms in total. The fraction of sp³-hybridized carbons (Fsp3) is 0.235. The van der Waals surface area contributed by atoms with Crippen LogP contribution in [0.15, 0.2) is 36.4 Å². The first-order valence-electron chi connectivity index (χ1n) is 7.23. The van der Waals surface area contributed by atoms with Crippen molar-refractivity contribution in [3.05, 3.63) is 63.6 Å². The first-order chi connectivity index (χ1) is 11.4. The fourth-order valence-corrected chi connectivity index (χ4v) is 2.51. The van der Waals surface area contributed by atoms with Crippen molar-refractivity contribution < 1.29 is 13.6 Å². The molecule has 0 unspecified atom stereocenters. The summed E-state index contributed by atoms with van der Waals surface area (Å²) in [6.07, 6.45) is 0.130. The SMILES string of the molecule is CN(CCC(=O)Nc1ccc(Cl)cc1F)Cc1c(F)cccc1Cl. The Morgan fingerprint density at radius 3 is 2.58 bits per heavy atom. The van der Waals surface area contributed by atoms with Crippen molar-refractivity contribution in [3.8, 4) is 0 Å². The molecule has 2 rings (SSSR count). The number of benzene rings is 2. The molecule has 0 aromatic heterocycles. The van der Waals surface area contributed by atoms with Gasteiger partial charge in [-0.3, -0.25) is 4.79 Å². The molecule has 7 heteroatoms. The van der Waals surface area contributed by atoms with E-state index in [1.165, 1.54) is 24.3 Å². The molecule has 0 fully saturated rings. The quantitative estimate of drug-likeness (QED) is 0.794. The summed E-state index contributed by atoms with van der Waals surface area (Å²) < 4.78 is 27.4. The lowest BCUT2D eigenvalue weighted by atomic mass is 10.2. The number of amides is 1. The largest absolute Gasteiger partial charge is 0.324 e. The Balaban J connectivity index is 1.87. The molecule has 0 atom stereocenters. The molecule has 0 bridgehead atoms. The summed E-state index contributed by atoms with van der Waals surface area (Å²) in [5.74, 6) is -1.33. The van der Waals surface area contributed by atoms with Crippen LogP contribution in [0.2, 0.25) is 10.0 Å². The van der Waals surface area contributed by atoms with E-state index >= 15 is 0 Å². The fourth-order valence-electron chi connectivity index (χ4n) is 2.13. The van der Waals surface area contributed by atoms with Crippen LogP contribution in [0.1, 0.15) is 12.0 Å². The number of halogens is 4. The van der Waals surface area contributed by atoms with Crippen LogP contribution in [0.3, 0.4) is 0 Å². The van der Waals surface area contributed by atoms with Crippen LogP contribution in [0.25, 0.3) is 0 Å². The van der Waals surface area contributed by atoms with Gasteiger partial charge in [0, 0.05) is 35.1 Å². The highest BCUT2D eigenvalue weighted by Gasteiger charge is 2.12. The van der Waals surface area contributed by atoms with Gasteiger partial charge < -0.3 is 10.2 Å².